The molecule has 2 fully saturated rings. The lowest BCUT2D eigenvalue weighted by atomic mass is 9.94. The van der Waals surface area contributed by atoms with Crippen LogP contribution in [0, 0.1) is 0 Å². The molecule has 1 N–H and O–H groups in total. The van der Waals surface area contributed by atoms with Crippen molar-refractivity contribution in [3.63, 3.8) is 0 Å². The number of nitrogens with one attached hydrogen (secondary N) is 1. The summed E-state index contributed by atoms with van der Waals surface area (Å²) in [5.74, 6) is 1.36. The predicted octanol–water partition coefficient (Wildman–Crippen LogP) is 7.21. The average Bonchev–Trinajstić information content (AvgIpc) is 3.48. The molecule has 2 aromatic carbocycles. The lowest BCUT2D eigenvalue weighted by Gasteiger charge is -2.35. The van der Waals surface area contributed by atoms with Crippen LogP contribution in [-0.2, 0) is 30.5 Å². The van der Waals surface area contributed by atoms with E-state index in [1.165, 1.54) is 4.88 Å². The fourth-order valence-electron chi connectivity index (χ4n) is 4.81. The Morgan fingerprint density at radius 1 is 1.00 bits per heavy atom. The Balaban J connectivity index is 1.22. The van der Waals surface area contributed by atoms with Crippen molar-refractivity contribution in [1.29, 1.82) is 0 Å². The number of carbonyl (C=O) groups excluding carboxylic acids is 2. The molecule has 1 unspecified atom stereocenters. The maximum atomic E-state index is 12.9. The van der Waals surface area contributed by atoms with Crippen molar-refractivity contribution < 1.29 is 28.6 Å². The van der Waals surface area contributed by atoms with Crippen LogP contribution in [0.15, 0.2) is 66.7 Å². The topological polar surface area (TPSA) is 83.1 Å². The minimum absolute atomic E-state index is 0.114. The van der Waals surface area contributed by atoms with E-state index in [9.17, 15) is 9.59 Å². The van der Waals surface area contributed by atoms with Gasteiger partial charge in [-0.05, 0) is 72.9 Å². The minimum atomic E-state index is -0.737. The highest BCUT2D eigenvalue weighted by molar-refractivity contribution is 8.00. The molecule has 0 aliphatic carbocycles. The Kier molecular flexibility index (Phi) is 9.58. The van der Waals surface area contributed by atoms with Gasteiger partial charge < -0.3 is 14.2 Å². The minimum Gasteiger partial charge on any atom is -0.429 e. The molecule has 0 spiro atoms. The molecule has 1 aromatic heterocycles. The molecule has 2 atom stereocenters. The molecule has 2 aliphatic heterocycles. The van der Waals surface area contributed by atoms with E-state index in [1.54, 1.807) is 35.6 Å². The van der Waals surface area contributed by atoms with Gasteiger partial charge in [-0.25, -0.2) is 15.1 Å². The van der Waals surface area contributed by atoms with Gasteiger partial charge >= 0.3 is 6.16 Å². The number of thioether (sulfide) groups is 1. The van der Waals surface area contributed by atoms with Gasteiger partial charge in [-0.2, -0.15) is 0 Å². The number of rotatable bonds is 9. The van der Waals surface area contributed by atoms with Crippen LogP contribution in [0.3, 0.4) is 0 Å². The highest BCUT2D eigenvalue weighted by Gasteiger charge is 2.38. The Hall–Kier alpha value is -2.85. The molecule has 3 aromatic rings. The average molecular weight is 568 g/mol. The first-order chi connectivity index (χ1) is 19.1. The fourth-order valence-corrected chi connectivity index (χ4v) is 7.70. The second-order valence-corrected chi connectivity index (χ2v) is 12.3. The summed E-state index contributed by atoms with van der Waals surface area (Å²) in [4.78, 5) is 32.9. The number of benzene rings is 2. The Morgan fingerprint density at radius 3 is 2.69 bits per heavy atom. The van der Waals surface area contributed by atoms with Gasteiger partial charge in [-0.15, -0.1) is 23.1 Å². The summed E-state index contributed by atoms with van der Waals surface area (Å²) >= 11 is 3.58. The standard InChI is InChI=1S/C30H33NO6S2/c32-27(31-37-28-13-4-6-17-34-28)20-30(16-5-7-18-38-30)26-15-14-25(39-26)23-10-8-9-22(19-23)21-35-29(33)36-24-11-2-1-3-12-24/h1-3,8-12,14-15,19,28H,4-7,13,16-18,20-21H2,(H,31,32)/t28?,30-/m0/s1. The molecule has 0 radical (unpaired) electrons. The summed E-state index contributed by atoms with van der Waals surface area (Å²) in [5, 5.41) is 0. The van der Waals surface area contributed by atoms with Crippen LogP contribution in [0.25, 0.3) is 10.4 Å². The Bertz CT molecular complexity index is 1240. The van der Waals surface area contributed by atoms with Crippen molar-refractivity contribution in [2.75, 3.05) is 12.4 Å². The maximum absolute atomic E-state index is 12.9. The summed E-state index contributed by atoms with van der Waals surface area (Å²) in [6.45, 7) is 0.784. The maximum Gasteiger partial charge on any atom is 0.514 e. The van der Waals surface area contributed by atoms with Gasteiger partial charge in [0.2, 0.25) is 5.91 Å². The van der Waals surface area contributed by atoms with E-state index >= 15 is 0 Å². The van der Waals surface area contributed by atoms with E-state index in [4.69, 9.17) is 19.0 Å². The van der Waals surface area contributed by atoms with E-state index in [-0.39, 0.29) is 23.6 Å². The van der Waals surface area contributed by atoms with E-state index in [0.717, 1.165) is 60.3 Å². The fraction of sp³-hybridized carbons (Fsp3) is 0.400. The zero-order valence-corrected chi connectivity index (χ0v) is 23.4. The molecule has 39 heavy (non-hydrogen) atoms. The van der Waals surface area contributed by atoms with Crippen molar-refractivity contribution in [2.24, 2.45) is 0 Å². The van der Waals surface area contributed by atoms with Crippen LogP contribution in [0.1, 0.15) is 55.4 Å². The SMILES string of the molecule is O=C(C[C@]1(c2ccc(-c3cccc(COC(=O)Oc4ccccc4)c3)s2)CCCCS1)NOC1CCCCO1. The monoisotopic (exact) mass is 567 g/mol. The van der Waals surface area contributed by atoms with Gasteiger partial charge in [0.1, 0.15) is 12.4 Å². The molecule has 5 rings (SSSR count). The number of hydroxylamine groups is 1. The first-order valence-electron chi connectivity index (χ1n) is 13.4. The molecular formula is C30H33NO6S2. The number of carbonyl (C=O) groups is 2. The van der Waals surface area contributed by atoms with Gasteiger partial charge in [-0.3, -0.25) is 4.79 Å². The first kappa shape index (κ1) is 27.7. The molecule has 7 nitrogen and oxygen atoms in total. The Morgan fingerprint density at radius 2 is 1.90 bits per heavy atom. The first-order valence-corrected chi connectivity index (χ1v) is 15.2. The quantitative estimate of drug-likeness (QED) is 0.166. The summed E-state index contributed by atoms with van der Waals surface area (Å²) in [6, 6.07) is 21.1. The van der Waals surface area contributed by atoms with E-state index < -0.39 is 6.16 Å². The van der Waals surface area contributed by atoms with Crippen LogP contribution in [-0.4, -0.2) is 30.7 Å². The summed E-state index contributed by atoms with van der Waals surface area (Å²) in [7, 11) is 0. The molecule has 9 heteroatoms. The van der Waals surface area contributed by atoms with E-state index in [2.05, 4.69) is 17.6 Å². The molecule has 2 aliphatic rings. The molecule has 3 heterocycles. The Labute approximate surface area is 237 Å². The highest BCUT2D eigenvalue weighted by Crippen LogP contribution is 2.51. The lowest BCUT2D eigenvalue weighted by Crippen LogP contribution is -2.37. The second-order valence-electron chi connectivity index (χ2n) is 9.73. The van der Waals surface area contributed by atoms with Gasteiger partial charge in [0.05, 0.1) is 4.75 Å². The van der Waals surface area contributed by atoms with E-state index in [1.807, 2.05) is 42.1 Å². The van der Waals surface area contributed by atoms with E-state index in [0.29, 0.717) is 18.8 Å². The van der Waals surface area contributed by atoms with Crippen molar-refractivity contribution in [2.45, 2.75) is 62.6 Å². The smallest absolute Gasteiger partial charge is 0.429 e. The van der Waals surface area contributed by atoms with Crippen LogP contribution < -0.4 is 10.2 Å². The summed E-state index contributed by atoms with van der Waals surface area (Å²) in [6.07, 6.45) is 5.34. The molecule has 0 saturated carbocycles. The summed E-state index contributed by atoms with van der Waals surface area (Å²) in [5.41, 5.74) is 4.57. The normalized spacial score (nSPS) is 21.2. The molecule has 1 amide bonds. The molecular weight excluding hydrogens is 534 g/mol. The molecule has 0 bridgehead atoms. The number of para-hydroxylation sites is 1. The number of hydrogen-bond donors (Lipinski definition) is 1. The number of thiophene rings is 1. The van der Waals surface area contributed by atoms with Gasteiger partial charge in [0.25, 0.3) is 0 Å². The van der Waals surface area contributed by atoms with Gasteiger partial charge in [0.15, 0.2) is 6.29 Å². The molecule has 206 valence electrons. The van der Waals surface area contributed by atoms with Crippen molar-refractivity contribution in [1.82, 2.24) is 5.48 Å². The third-order valence-electron chi connectivity index (χ3n) is 6.81. The zero-order chi connectivity index (χ0) is 26.9. The number of ether oxygens (including phenoxy) is 3. The second kappa shape index (κ2) is 13.5. The van der Waals surface area contributed by atoms with Crippen LogP contribution in [0.2, 0.25) is 0 Å². The van der Waals surface area contributed by atoms with Gasteiger partial charge in [0, 0.05) is 29.2 Å². The lowest BCUT2D eigenvalue weighted by molar-refractivity contribution is -0.200. The van der Waals surface area contributed by atoms with Crippen LogP contribution >= 0.6 is 23.1 Å². The molecule has 2 saturated heterocycles. The summed E-state index contributed by atoms with van der Waals surface area (Å²) < 4.78 is 15.8. The van der Waals surface area contributed by atoms with Gasteiger partial charge in [-0.1, -0.05) is 42.8 Å². The number of amides is 1. The van der Waals surface area contributed by atoms with Crippen molar-refractivity contribution >= 4 is 35.2 Å². The third kappa shape index (κ3) is 7.63. The van der Waals surface area contributed by atoms with Crippen molar-refractivity contribution in [3.05, 3.63) is 77.2 Å². The number of hydrogen-bond acceptors (Lipinski definition) is 8. The van der Waals surface area contributed by atoms with Crippen LogP contribution in [0.5, 0.6) is 5.75 Å². The largest absolute Gasteiger partial charge is 0.514 e. The predicted molar refractivity (Wildman–Crippen MR) is 152 cm³/mol. The highest BCUT2D eigenvalue weighted by atomic mass is 32.2. The van der Waals surface area contributed by atoms with Crippen LogP contribution in [0.4, 0.5) is 4.79 Å². The zero-order valence-electron chi connectivity index (χ0n) is 21.8. The van der Waals surface area contributed by atoms with Crippen molar-refractivity contribution in [3.8, 4) is 16.2 Å². The third-order valence-corrected chi connectivity index (χ3v) is 9.89.